The van der Waals surface area contributed by atoms with Crippen molar-refractivity contribution in [1.82, 2.24) is 0 Å². The van der Waals surface area contributed by atoms with Crippen molar-refractivity contribution in [2.45, 2.75) is 12.5 Å². The standard InChI is InChI=1S/C10H10F2O/c11-7-9(12)10(13)6-8-4-2-1-3-5-8/h1-5,7,10,13H,6H2/b9-7-. The first-order chi connectivity index (χ1) is 6.24. The minimum absolute atomic E-state index is 0.0904. The average Bonchev–Trinajstić information content (AvgIpc) is 2.18. The van der Waals surface area contributed by atoms with Gasteiger partial charge in [-0.1, -0.05) is 30.3 Å². The Morgan fingerprint density at radius 1 is 1.38 bits per heavy atom. The van der Waals surface area contributed by atoms with Crippen molar-refractivity contribution in [1.29, 1.82) is 0 Å². The van der Waals surface area contributed by atoms with Crippen molar-refractivity contribution >= 4 is 0 Å². The van der Waals surface area contributed by atoms with Crippen molar-refractivity contribution in [3.05, 3.63) is 48.1 Å². The van der Waals surface area contributed by atoms with E-state index < -0.39 is 11.9 Å². The molecule has 1 N–H and O–H groups in total. The van der Waals surface area contributed by atoms with Crippen molar-refractivity contribution in [3.8, 4) is 0 Å². The molecule has 1 aromatic carbocycles. The SMILES string of the molecule is OC(Cc1ccccc1)/C(F)=C/F. The van der Waals surface area contributed by atoms with Crippen LogP contribution in [-0.4, -0.2) is 11.2 Å². The first-order valence-electron chi connectivity index (χ1n) is 3.92. The van der Waals surface area contributed by atoms with Crippen molar-refractivity contribution in [2.24, 2.45) is 0 Å². The van der Waals surface area contributed by atoms with E-state index in [0.29, 0.717) is 0 Å². The normalized spacial score (nSPS) is 14.2. The molecule has 0 amide bonds. The van der Waals surface area contributed by atoms with Crippen LogP contribution in [0.2, 0.25) is 0 Å². The van der Waals surface area contributed by atoms with Gasteiger partial charge in [-0.05, 0) is 5.56 Å². The van der Waals surface area contributed by atoms with E-state index in [1.165, 1.54) is 0 Å². The third-order valence-corrected chi connectivity index (χ3v) is 1.69. The molecule has 0 heterocycles. The van der Waals surface area contributed by atoms with E-state index in [1.807, 2.05) is 6.07 Å². The Labute approximate surface area is 75.3 Å². The van der Waals surface area contributed by atoms with E-state index in [1.54, 1.807) is 24.3 Å². The zero-order valence-electron chi connectivity index (χ0n) is 6.95. The zero-order valence-corrected chi connectivity index (χ0v) is 6.95. The number of hydrogen-bond acceptors (Lipinski definition) is 1. The molecule has 1 atom stereocenters. The second-order valence-electron chi connectivity index (χ2n) is 2.70. The number of aliphatic hydroxyl groups is 1. The first kappa shape index (κ1) is 9.86. The molecular weight excluding hydrogens is 174 g/mol. The molecule has 1 nitrogen and oxygen atoms in total. The first-order valence-corrected chi connectivity index (χ1v) is 3.92. The monoisotopic (exact) mass is 184 g/mol. The number of hydrogen-bond donors (Lipinski definition) is 1. The fraction of sp³-hybridized carbons (Fsp3) is 0.200. The van der Waals surface area contributed by atoms with Crippen LogP contribution in [0.1, 0.15) is 5.56 Å². The van der Waals surface area contributed by atoms with Crippen LogP contribution in [0, 0.1) is 0 Å². The Bertz CT molecular complexity index is 282. The molecule has 0 aromatic heterocycles. The van der Waals surface area contributed by atoms with E-state index in [2.05, 4.69) is 0 Å². The topological polar surface area (TPSA) is 20.2 Å². The van der Waals surface area contributed by atoms with Gasteiger partial charge in [0.05, 0.1) is 0 Å². The van der Waals surface area contributed by atoms with E-state index in [-0.39, 0.29) is 12.8 Å². The molecule has 70 valence electrons. The van der Waals surface area contributed by atoms with Crippen LogP contribution in [0.25, 0.3) is 0 Å². The summed E-state index contributed by atoms with van der Waals surface area (Å²) in [5.74, 6) is -1.14. The molecule has 0 radical (unpaired) electrons. The molecular formula is C10H10F2O. The van der Waals surface area contributed by atoms with Crippen LogP contribution < -0.4 is 0 Å². The molecule has 13 heavy (non-hydrogen) atoms. The van der Waals surface area contributed by atoms with Gasteiger partial charge in [0, 0.05) is 6.42 Å². The molecule has 0 saturated carbocycles. The molecule has 1 aromatic rings. The molecule has 0 aliphatic carbocycles. The molecule has 0 bridgehead atoms. The van der Waals surface area contributed by atoms with E-state index in [4.69, 9.17) is 5.11 Å². The zero-order chi connectivity index (χ0) is 9.68. The summed E-state index contributed by atoms with van der Waals surface area (Å²) in [6.45, 7) is 0. The summed E-state index contributed by atoms with van der Waals surface area (Å²) in [5.41, 5.74) is 0.770. The number of aliphatic hydroxyl groups excluding tert-OH is 1. The molecule has 0 fully saturated rings. The molecule has 1 unspecified atom stereocenters. The lowest BCUT2D eigenvalue weighted by Crippen LogP contribution is -2.10. The third kappa shape index (κ3) is 2.95. The predicted octanol–water partition coefficient (Wildman–Crippen LogP) is 2.37. The summed E-state index contributed by atoms with van der Waals surface area (Å²) in [6.07, 6.45) is -1.51. The quantitative estimate of drug-likeness (QED) is 0.764. The molecule has 0 saturated heterocycles. The van der Waals surface area contributed by atoms with Gasteiger partial charge in [-0.15, -0.1) is 0 Å². The van der Waals surface area contributed by atoms with Crippen LogP contribution in [0.3, 0.4) is 0 Å². The van der Waals surface area contributed by atoms with Crippen LogP contribution in [0.5, 0.6) is 0 Å². The Morgan fingerprint density at radius 3 is 2.54 bits per heavy atom. The minimum atomic E-state index is -1.38. The largest absolute Gasteiger partial charge is 0.386 e. The average molecular weight is 184 g/mol. The molecule has 0 aliphatic heterocycles. The second-order valence-corrected chi connectivity index (χ2v) is 2.70. The van der Waals surface area contributed by atoms with Crippen LogP contribution >= 0.6 is 0 Å². The van der Waals surface area contributed by atoms with Gasteiger partial charge in [-0.3, -0.25) is 0 Å². The van der Waals surface area contributed by atoms with Gasteiger partial charge in [0.2, 0.25) is 0 Å². The third-order valence-electron chi connectivity index (χ3n) is 1.69. The molecule has 3 heteroatoms. The van der Waals surface area contributed by atoms with Gasteiger partial charge in [0.1, 0.15) is 12.4 Å². The number of benzene rings is 1. The second kappa shape index (κ2) is 4.72. The number of halogens is 2. The van der Waals surface area contributed by atoms with Crippen LogP contribution in [-0.2, 0) is 6.42 Å². The summed E-state index contributed by atoms with van der Waals surface area (Å²) < 4.78 is 24.1. The van der Waals surface area contributed by atoms with Gasteiger partial charge in [-0.25, -0.2) is 8.78 Å². The Kier molecular flexibility index (Phi) is 3.58. The lowest BCUT2D eigenvalue weighted by molar-refractivity contribution is 0.180. The van der Waals surface area contributed by atoms with Gasteiger partial charge in [0.25, 0.3) is 0 Å². The minimum Gasteiger partial charge on any atom is -0.386 e. The summed E-state index contributed by atoms with van der Waals surface area (Å²) in [7, 11) is 0. The summed E-state index contributed by atoms with van der Waals surface area (Å²) in [4.78, 5) is 0. The van der Waals surface area contributed by atoms with E-state index in [9.17, 15) is 8.78 Å². The predicted molar refractivity (Wildman–Crippen MR) is 46.5 cm³/mol. The molecule has 1 rings (SSSR count). The van der Waals surface area contributed by atoms with Crippen LogP contribution in [0.15, 0.2) is 42.5 Å². The molecule has 0 spiro atoms. The highest BCUT2D eigenvalue weighted by atomic mass is 19.2. The Morgan fingerprint density at radius 2 is 2.00 bits per heavy atom. The van der Waals surface area contributed by atoms with Gasteiger partial charge in [0.15, 0.2) is 5.83 Å². The maximum absolute atomic E-state index is 12.4. The lowest BCUT2D eigenvalue weighted by atomic mass is 10.1. The van der Waals surface area contributed by atoms with Gasteiger partial charge in [-0.2, -0.15) is 0 Å². The molecule has 0 aliphatic rings. The Hall–Kier alpha value is -1.22. The maximum Gasteiger partial charge on any atom is 0.157 e. The summed E-state index contributed by atoms with van der Waals surface area (Å²) >= 11 is 0. The highest BCUT2D eigenvalue weighted by Crippen LogP contribution is 2.11. The fourth-order valence-electron chi connectivity index (χ4n) is 1.01. The number of rotatable bonds is 3. The summed E-state index contributed by atoms with van der Waals surface area (Å²) in [5, 5.41) is 9.09. The fourth-order valence-corrected chi connectivity index (χ4v) is 1.01. The Balaban J connectivity index is 2.60. The van der Waals surface area contributed by atoms with Gasteiger partial charge >= 0.3 is 0 Å². The smallest absolute Gasteiger partial charge is 0.157 e. The highest BCUT2D eigenvalue weighted by Gasteiger charge is 2.10. The van der Waals surface area contributed by atoms with E-state index >= 15 is 0 Å². The lowest BCUT2D eigenvalue weighted by Gasteiger charge is -2.06. The summed E-state index contributed by atoms with van der Waals surface area (Å²) in [6, 6.07) is 8.86. The van der Waals surface area contributed by atoms with Crippen LogP contribution in [0.4, 0.5) is 8.78 Å². The van der Waals surface area contributed by atoms with Gasteiger partial charge < -0.3 is 5.11 Å². The van der Waals surface area contributed by atoms with Crippen molar-refractivity contribution in [3.63, 3.8) is 0 Å². The maximum atomic E-state index is 12.4. The van der Waals surface area contributed by atoms with Crippen molar-refractivity contribution in [2.75, 3.05) is 0 Å². The highest BCUT2D eigenvalue weighted by molar-refractivity contribution is 5.17. The van der Waals surface area contributed by atoms with E-state index in [0.717, 1.165) is 5.56 Å². The van der Waals surface area contributed by atoms with Crippen molar-refractivity contribution < 1.29 is 13.9 Å².